The molecule has 2 rings (SSSR count). The highest BCUT2D eigenvalue weighted by molar-refractivity contribution is 8.00. The molecule has 2 aromatic heterocycles. The van der Waals surface area contributed by atoms with E-state index in [1.807, 2.05) is 6.92 Å². The maximum Gasteiger partial charge on any atom is 0.185 e. The average molecular weight is 242 g/mol. The fourth-order valence-corrected chi connectivity index (χ4v) is 2.91. The number of hydrogen-bond donors (Lipinski definition) is 1. The van der Waals surface area contributed by atoms with Crippen molar-refractivity contribution in [2.45, 2.75) is 16.9 Å². The van der Waals surface area contributed by atoms with Gasteiger partial charge in [-0.15, -0.1) is 22.0 Å². The van der Waals surface area contributed by atoms with Gasteiger partial charge in [0, 0.05) is 0 Å². The normalized spacial score (nSPS) is 10.8. The topological polar surface area (TPSA) is 82.5 Å². The second-order valence-corrected chi connectivity index (χ2v) is 5.18. The fraction of sp³-hybridized carbons (Fsp3) is 0.429. The maximum atomic E-state index is 5.60. The zero-order chi connectivity index (χ0) is 10.8. The van der Waals surface area contributed by atoms with E-state index >= 15 is 0 Å². The molecule has 0 saturated heterocycles. The van der Waals surface area contributed by atoms with E-state index in [4.69, 9.17) is 5.73 Å². The van der Waals surface area contributed by atoms with Crippen LogP contribution in [0.15, 0.2) is 4.21 Å². The second-order valence-electron chi connectivity index (χ2n) is 2.91. The van der Waals surface area contributed by atoms with Crippen LogP contribution < -0.4 is 5.73 Å². The van der Waals surface area contributed by atoms with Crippen LogP contribution in [0.25, 0.3) is 0 Å². The molecule has 0 fully saturated rings. The molecule has 15 heavy (non-hydrogen) atoms. The minimum atomic E-state index is 0.599. The molecule has 0 atom stereocenters. The Balaban J connectivity index is 2.01. The van der Waals surface area contributed by atoms with Crippen LogP contribution in [-0.2, 0) is 12.8 Å². The van der Waals surface area contributed by atoms with Crippen LogP contribution in [0, 0.1) is 6.92 Å². The number of tetrazole rings is 1. The molecule has 2 aromatic rings. The summed E-state index contributed by atoms with van der Waals surface area (Å²) in [5.41, 5.74) is 6.56. The Labute approximate surface area is 94.9 Å². The first-order valence-corrected chi connectivity index (χ1v) is 6.04. The lowest BCUT2D eigenvalue weighted by Crippen LogP contribution is -1.92. The van der Waals surface area contributed by atoms with Crippen molar-refractivity contribution in [1.29, 1.82) is 0 Å². The number of hydrogen-bond acceptors (Lipinski definition) is 7. The molecule has 6 nitrogen and oxygen atoms in total. The Morgan fingerprint density at radius 2 is 2.33 bits per heavy atom. The zero-order valence-corrected chi connectivity index (χ0v) is 9.97. The number of nitrogens with zero attached hydrogens (tertiary/aromatic N) is 5. The standard InChI is InChI=1S/C7H10N6S2/c1-4-6(15-7(8)9-4)14-3-5-10-12-13(2)11-5/h3H2,1-2H3,(H2,8,9). The second kappa shape index (κ2) is 4.15. The molecule has 2 heterocycles. The molecule has 0 aliphatic carbocycles. The average Bonchev–Trinajstić information content (AvgIpc) is 2.70. The Morgan fingerprint density at radius 3 is 2.87 bits per heavy atom. The van der Waals surface area contributed by atoms with E-state index in [-0.39, 0.29) is 0 Å². The molecular weight excluding hydrogens is 232 g/mol. The lowest BCUT2D eigenvalue weighted by Gasteiger charge is -1.93. The SMILES string of the molecule is Cc1nc(N)sc1SCc1nnn(C)n1. The minimum Gasteiger partial charge on any atom is -0.375 e. The number of thioether (sulfide) groups is 1. The van der Waals surface area contributed by atoms with Crippen LogP contribution in [0.1, 0.15) is 11.5 Å². The van der Waals surface area contributed by atoms with E-state index in [0.717, 1.165) is 9.90 Å². The number of aromatic nitrogens is 5. The van der Waals surface area contributed by atoms with Gasteiger partial charge in [0.25, 0.3) is 0 Å². The first-order chi connectivity index (χ1) is 7.15. The van der Waals surface area contributed by atoms with Crippen molar-refractivity contribution in [2.24, 2.45) is 7.05 Å². The highest BCUT2D eigenvalue weighted by Gasteiger charge is 2.08. The van der Waals surface area contributed by atoms with E-state index in [1.165, 1.54) is 16.1 Å². The third kappa shape index (κ3) is 2.45. The molecular formula is C7H10N6S2. The summed E-state index contributed by atoms with van der Waals surface area (Å²) in [6.07, 6.45) is 0. The number of anilines is 1. The van der Waals surface area contributed by atoms with Crippen molar-refractivity contribution >= 4 is 28.2 Å². The van der Waals surface area contributed by atoms with Gasteiger partial charge in [0.15, 0.2) is 11.0 Å². The van der Waals surface area contributed by atoms with Crippen molar-refractivity contribution in [3.63, 3.8) is 0 Å². The van der Waals surface area contributed by atoms with Gasteiger partial charge in [-0.25, -0.2) is 4.98 Å². The summed E-state index contributed by atoms with van der Waals surface area (Å²) in [4.78, 5) is 5.59. The summed E-state index contributed by atoms with van der Waals surface area (Å²) < 4.78 is 1.11. The first-order valence-electron chi connectivity index (χ1n) is 4.23. The third-order valence-corrected chi connectivity index (χ3v) is 4.00. The monoisotopic (exact) mass is 242 g/mol. The predicted molar refractivity (Wildman–Crippen MR) is 59.6 cm³/mol. The molecule has 0 aliphatic heterocycles. The molecule has 0 aromatic carbocycles. The van der Waals surface area contributed by atoms with Gasteiger partial charge < -0.3 is 5.73 Å². The molecule has 0 radical (unpaired) electrons. The zero-order valence-electron chi connectivity index (χ0n) is 8.34. The summed E-state index contributed by atoms with van der Waals surface area (Å²) in [7, 11) is 1.75. The molecule has 0 spiro atoms. The van der Waals surface area contributed by atoms with Gasteiger partial charge in [0.2, 0.25) is 0 Å². The number of nitrogens with two attached hydrogens (primary N) is 1. The van der Waals surface area contributed by atoms with Gasteiger partial charge in [0.05, 0.1) is 22.7 Å². The molecule has 8 heteroatoms. The summed E-state index contributed by atoms with van der Waals surface area (Å²) >= 11 is 3.12. The Bertz CT molecular complexity index is 462. The smallest absolute Gasteiger partial charge is 0.185 e. The molecule has 80 valence electrons. The molecule has 0 aliphatic rings. The molecule has 0 bridgehead atoms. The number of nitrogen functional groups attached to an aromatic ring is 1. The van der Waals surface area contributed by atoms with Crippen LogP contribution in [0.4, 0.5) is 5.13 Å². The van der Waals surface area contributed by atoms with Crippen LogP contribution in [0.2, 0.25) is 0 Å². The van der Waals surface area contributed by atoms with Crippen molar-refractivity contribution in [1.82, 2.24) is 25.2 Å². The highest BCUT2D eigenvalue weighted by atomic mass is 32.2. The van der Waals surface area contributed by atoms with Gasteiger partial charge in [-0.05, 0) is 12.1 Å². The fourth-order valence-electron chi connectivity index (χ4n) is 1.05. The lowest BCUT2D eigenvalue weighted by atomic mass is 10.6. The van der Waals surface area contributed by atoms with E-state index < -0.39 is 0 Å². The quantitative estimate of drug-likeness (QED) is 0.803. The Morgan fingerprint density at radius 1 is 1.53 bits per heavy atom. The molecule has 2 N–H and O–H groups in total. The molecule has 0 amide bonds. The summed E-state index contributed by atoms with van der Waals surface area (Å²) in [6, 6.07) is 0. The van der Waals surface area contributed by atoms with Crippen molar-refractivity contribution < 1.29 is 0 Å². The number of thiazole rings is 1. The number of rotatable bonds is 3. The highest BCUT2D eigenvalue weighted by Crippen LogP contribution is 2.31. The summed E-state index contributed by atoms with van der Waals surface area (Å²) in [6.45, 7) is 1.94. The largest absolute Gasteiger partial charge is 0.375 e. The van der Waals surface area contributed by atoms with E-state index in [1.54, 1.807) is 18.8 Å². The van der Waals surface area contributed by atoms with Crippen LogP contribution in [-0.4, -0.2) is 25.2 Å². The van der Waals surface area contributed by atoms with E-state index in [0.29, 0.717) is 16.7 Å². The van der Waals surface area contributed by atoms with Gasteiger partial charge >= 0.3 is 0 Å². The third-order valence-electron chi connectivity index (χ3n) is 1.65. The van der Waals surface area contributed by atoms with Gasteiger partial charge in [-0.1, -0.05) is 11.3 Å². The van der Waals surface area contributed by atoms with E-state index in [2.05, 4.69) is 20.4 Å². The van der Waals surface area contributed by atoms with E-state index in [9.17, 15) is 0 Å². The summed E-state index contributed by atoms with van der Waals surface area (Å²) in [5, 5.41) is 12.4. The predicted octanol–water partition coefficient (Wildman–Crippen LogP) is 0.850. The Hall–Kier alpha value is -1.15. The van der Waals surface area contributed by atoms with Gasteiger partial charge in [-0.2, -0.15) is 4.80 Å². The maximum absolute atomic E-state index is 5.60. The van der Waals surface area contributed by atoms with Crippen LogP contribution in [0.3, 0.4) is 0 Å². The Kier molecular flexibility index (Phi) is 2.87. The van der Waals surface area contributed by atoms with Crippen molar-refractivity contribution in [3.05, 3.63) is 11.5 Å². The minimum absolute atomic E-state index is 0.599. The lowest BCUT2D eigenvalue weighted by molar-refractivity contribution is 0.628. The van der Waals surface area contributed by atoms with Crippen LogP contribution >= 0.6 is 23.1 Å². The van der Waals surface area contributed by atoms with Gasteiger partial charge in [-0.3, -0.25) is 0 Å². The summed E-state index contributed by atoms with van der Waals surface area (Å²) in [5.74, 6) is 1.41. The van der Waals surface area contributed by atoms with Gasteiger partial charge in [0.1, 0.15) is 0 Å². The van der Waals surface area contributed by atoms with Crippen molar-refractivity contribution in [3.8, 4) is 0 Å². The van der Waals surface area contributed by atoms with Crippen molar-refractivity contribution in [2.75, 3.05) is 5.73 Å². The first kappa shape index (κ1) is 10.4. The number of aryl methyl sites for hydroxylation is 2. The molecule has 0 saturated carbocycles. The van der Waals surface area contributed by atoms with Crippen LogP contribution in [0.5, 0.6) is 0 Å². The molecule has 0 unspecified atom stereocenters.